The lowest BCUT2D eigenvalue weighted by molar-refractivity contribution is -0.110. The molecule has 1 rings (SSSR count). The van der Waals surface area contributed by atoms with Gasteiger partial charge < -0.3 is 4.74 Å². The third-order valence-electron chi connectivity index (χ3n) is 1.66. The molecule has 0 radical (unpaired) electrons. The second kappa shape index (κ2) is 2.74. The van der Waals surface area contributed by atoms with Crippen molar-refractivity contribution >= 4 is 5.78 Å². The quantitative estimate of drug-likeness (QED) is 0.531. The van der Waals surface area contributed by atoms with E-state index < -0.39 is 0 Å². The van der Waals surface area contributed by atoms with Crippen molar-refractivity contribution in [1.29, 1.82) is 0 Å². The first-order chi connectivity index (χ1) is 5.20. The van der Waals surface area contributed by atoms with Gasteiger partial charge in [0.2, 0.25) is 0 Å². The molecule has 1 aliphatic rings. The van der Waals surface area contributed by atoms with Crippen LogP contribution in [0.15, 0.2) is 35.6 Å². The summed E-state index contributed by atoms with van der Waals surface area (Å²) in [6.07, 6.45) is 3.20. The van der Waals surface area contributed by atoms with Gasteiger partial charge in [0.25, 0.3) is 0 Å². The van der Waals surface area contributed by atoms with Gasteiger partial charge in [0, 0.05) is 17.2 Å². The molecule has 0 saturated carbocycles. The van der Waals surface area contributed by atoms with Crippen molar-refractivity contribution in [3.63, 3.8) is 0 Å². The number of methoxy groups -OCH3 is 1. The highest BCUT2D eigenvalue weighted by atomic mass is 16.5. The Morgan fingerprint density at radius 3 is 2.55 bits per heavy atom. The van der Waals surface area contributed by atoms with Crippen molar-refractivity contribution in [2.24, 2.45) is 0 Å². The summed E-state index contributed by atoms with van der Waals surface area (Å²) in [6.45, 7) is 5.54. The van der Waals surface area contributed by atoms with Crippen LogP contribution < -0.4 is 0 Å². The summed E-state index contributed by atoms with van der Waals surface area (Å²) < 4.78 is 4.93. The average molecular weight is 150 g/mol. The minimum atomic E-state index is -0.0191. The molecule has 0 heterocycles. The van der Waals surface area contributed by atoms with Gasteiger partial charge in [-0.3, -0.25) is 4.79 Å². The summed E-state index contributed by atoms with van der Waals surface area (Å²) in [5.41, 5.74) is 1.32. The summed E-state index contributed by atoms with van der Waals surface area (Å²) in [7, 11) is 1.53. The topological polar surface area (TPSA) is 26.3 Å². The number of allylic oxidation sites excluding steroid dienone is 3. The molecular weight excluding hydrogens is 140 g/mol. The first-order valence-electron chi connectivity index (χ1n) is 3.36. The van der Waals surface area contributed by atoms with Crippen LogP contribution in [0.4, 0.5) is 0 Å². The molecule has 0 unspecified atom stereocenters. The van der Waals surface area contributed by atoms with Crippen molar-refractivity contribution in [2.45, 2.75) is 6.92 Å². The SMILES string of the molecule is C=C1C(OC)=CC(=O)C1=CC. The molecule has 0 amide bonds. The van der Waals surface area contributed by atoms with Crippen LogP contribution in [0.2, 0.25) is 0 Å². The lowest BCUT2D eigenvalue weighted by Gasteiger charge is -2.00. The Morgan fingerprint density at radius 1 is 1.64 bits per heavy atom. The van der Waals surface area contributed by atoms with E-state index in [-0.39, 0.29) is 5.78 Å². The first kappa shape index (κ1) is 7.79. The van der Waals surface area contributed by atoms with E-state index in [0.29, 0.717) is 16.9 Å². The predicted molar refractivity (Wildman–Crippen MR) is 43.0 cm³/mol. The van der Waals surface area contributed by atoms with Crippen LogP contribution in [-0.2, 0) is 9.53 Å². The molecule has 58 valence electrons. The Hall–Kier alpha value is -1.31. The Labute approximate surface area is 65.9 Å². The zero-order valence-electron chi connectivity index (χ0n) is 6.68. The molecule has 0 bridgehead atoms. The van der Waals surface area contributed by atoms with E-state index >= 15 is 0 Å². The maximum Gasteiger partial charge on any atom is 0.189 e. The number of ether oxygens (including phenoxy) is 1. The highest BCUT2D eigenvalue weighted by Gasteiger charge is 2.22. The minimum Gasteiger partial charge on any atom is -0.496 e. The van der Waals surface area contributed by atoms with Crippen molar-refractivity contribution in [3.05, 3.63) is 35.6 Å². The van der Waals surface area contributed by atoms with Gasteiger partial charge in [0.05, 0.1) is 7.11 Å². The zero-order valence-corrected chi connectivity index (χ0v) is 6.68. The second-order valence-corrected chi connectivity index (χ2v) is 2.26. The van der Waals surface area contributed by atoms with Crippen molar-refractivity contribution in [3.8, 4) is 0 Å². The first-order valence-corrected chi connectivity index (χ1v) is 3.36. The van der Waals surface area contributed by atoms with Crippen molar-refractivity contribution < 1.29 is 9.53 Å². The number of hydrogen-bond donors (Lipinski definition) is 0. The molecule has 0 aliphatic heterocycles. The monoisotopic (exact) mass is 150 g/mol. The summed E-state index contributed by atoms with van der Waals surface area (Å²) in [4.78, 5) is 11.1. The highest BCUT2D eigenvalue weighted by Crippen LogP contribution is 2.26. The molecule has 0 atom stereocenters. The van der Waals surface area contributed by atoms with Crippen LogP contribution in [0.3, 0.4) is 0 Å². The Morgan fingerprint density at radius 2 is 2.27 bits per heavy atom. The fourth-order valence-electron chi connectivity index (χ4n) is 1.06. The largest absolute Gasteiger partial charge is 0.496 e. The second-order valence-electron chi connectivity index (χ2n) is 2.26. The van der Waals surface area contributed by atoms with Gasteiger partial charge in [0.1, 0.15) is 5.76 Å². The lowest BCUT2D eigenvalue weighted by Crippen LogP contribution is -1.92. The molecule has 1 aliphatic carbocycles. The van der Waals surface area contributed by atoms with Gasteiger partial charge in [0.15, 0.2) is 5.78 Å². The number of rotatable bonds is 1. The van der Waals surface area contributed by atoms with E-state index in [1.807, 2.05) is 6.92 Å². The summed E-state index contributed by atoms with van der Waals surface area (Å²) in [5, 5.41) is 0. The highest BCUT2D eigenvalue weighted by molar-refractivity contribution is 6.12. The number of carbonyl (C=O) groups excluding carboxylic acids is 1. The summed E-state index contributed by atoms with van der Waals surface area (Å²) in [5.74, 6) is 0.553. The number of carbonyl (C=O) groups is 1. The third-order valence-corrected chi connectivity index (χ3v) is 1.66. The molecule has 0 aromatic heterocycles. The summed E-state index contributed by atoms with van der Waals surface area (Å²) >= 11 is 0. The fraction of sp³-hybridized carbons (Fsp3) is 0.222. The Kier molecular flexibility index (Phi) is 1.94. The smallest absolute Gasteiger partial charge is 0.189 e. The van der Waals surface area contributed by atoms with E-state index in [1.54, 1.807) is 6.08 Å². The van der Waals surface area contributed by atoms with Gasteiger partial charge >= 0.3 is 0 Å². The number of hydrogen-bond acceptors (Lipinski definition) is 2. The molecule has 0 aromatic rings. The standard InChI is InChI=1S/C9H10O2/c1-4-7-6(2)9(11-3)5-8(7)10/h4-5H,2H2,1,3H3. The molecule has 0 N–H and O–H groups in total. The van der Waals surface area contributed by atoms with Crippen molar-refractivity contribution in [1.82, 2.24) is 0 Å². The van der Waals surface area contributed by atoms with Gasteiger partial charge in [-0.25, -0.2) is 0 Å². The maximum absolute atomic E-state index is 11.1. The van der Waals surface area contributed by atoms with E-state index in [4.69, 9.17) is 4.74 Å². The summed E-state index contributed by atoms with van der Waals surface area (Å²) in [6, 6.07) is 0. The van der Waals surface area contributed by atoms with Gasteiger partial charge in [-0.1, -0.05) is 12.7 Å². The molecule has 0 aromatic carbocycles. The normalized spacial score (nSPS) is 20.9. The zero-order chi connectivity index (χ0) is 8.43. The Bertz CT molecular complexity index is 269. The minimum absolute atomic E-state index is 0.0191. The van der Waals surface area contributed by atoms with E-state index in [2.05, 4.69) is 6.58 Å². The molecule has 2 nitrogen and oxygen atoms in total. The predicted octanol–water partition coefficient (Wildman–Crippen LogP) is 1.60. The molecular formula is C9H10O2. The average Bonchev–Trinajstić information content (AvgIpc) is 2.26. The van der Waals surface area contributed by atoms with Crippen molar-refractivity contribution in [2.75, 3.05) is 7.11 Å². The van der Waals surface area contributed by atoms with Gasteiger partial charge in [-0.15, -0.1) is 0 Å². The van der Waals surface area contributed by atoms with Crippen LogP contribution in [0, 0.1) is 0 Å². The molecule has 0 spiro atoms. The molecule has 0 fully saturated rings. The van der Waals surface area contributed by atoms with Gasteiger partial charge in [-0.2, -0.15) is 0 Å². The van der Waals surface area contributed by atoms with Crippen LogP contribution in [0.25, 0.3) is 0 Å². The fourth-order valence-corrected chi connectivity index (χ4v) is 1.06. The molecule has 2 heteroatoms. The Balaban J connectivity index is 3.03. The van der Waals surface area contributed by atoms with E-state index in [1.165, 1.54) is 13.2 Å². The number of ketones is 1. The van der Waals surface area contributed by atoms with Crippen LogP contribution in [-0.4, -0.2) is 12.9 Å². The third kappa shape index (κ3) is 1.11. The molecule has 0 saturated heterocycles. The van der Waals surface area contributed by atoms with E-state index in [9.17, 15) is 4.79 Å². The van der Waals surface area contributed by atoms with Crippen LogP contribution in [0.1, 0.15) is 6.92 Å². The van der Waals surface area contributed by atoms with Gasteiger partial charge in [-0.05, 0) is 6.92 Å². The lowest BCUT2D eigenvalue weighted by atomic mass is 10.1. The van der Waals surface area contributed by atoms with E-state index in [0.717, 1.165) is 0 Å². The van der Waals surface area contributed by atoms with Crippen LogP contribution in [0.5, 0.6) is 0 Å². The van der Waals surface area contributed by atoms with Crippen LogP contribution >= 0.6 is 0 Å². The maximum atomic E-state index is 11.1. The molecule has 11 heavy (non-hydrogen) atoms.